The zero-order valence-electron chi connectivity index (χ0n) is 52.8. The molecule has 0 saturated heterocycles. The number of aromatic hydroxyl groups is 2. The molecule has 4 nitrogen and oxygen atoms in total. The predicted octanol–water partition coefficient (Wildman–Crippen LogP) is 24.5. The average Bonchev–Trinajstić information content (AvgIpc) is 0.723. The molecule has 11 aromatic carbocycles. The second kappa shape index (κ2) is 29.1. The fraction of sp³-hybridized carbons (Fsp3) is 0.0278. The fourth-order valence-corrected chi connectivity index (χ4v) is 11.5. The molecule has 11 rings (SSSR count). The van der Waals surface area contributed by atoms with E-state index in [2.05, 4.69) is 13.2 Å². The molecule has 2 N–H and O–H groups in total. The van der Waals surface area contributed by atoms with Gasteiger partial charge in [0, 0.05) is 11.1 Å². The largest absolute Gasteiger partial charge is 0.508 e. The van der Waals surface area contributed by atoms with Crippen molar-refractivity contribution in [2.75, 3.05) is 0 Å². The molecule has 0 amide bonds. The molecule has 0 bridgehead atoms. The van der Waals surface area contributed by atoms with Gasteiger partial charge >= 0.3 is 0 Å². The second-order valence-electron chi connectivity index (χ2n) is 22.7. The van der Waals surface area contributed by atoms with Gasteiger partial charge in [-0.3, -0.25) is 0 Å². The molecule has 0 fully saturated rings. The minimum absolute atomic E-state index is 0.117. The molecule has 11 aromatic rings. The molecule has 112 heavy (non-hydrogen) atoms. The van der Waals surface area contributed by atoms with Crippen molar-refractivity contribution < 1.29 is 178 Å². The molecule has 0 aliphatic heterocycles. The van der Waals surface area contributed by atoms with Crippen LogP contribution in [0.5, 0.6) is 34.5 Å². The molecule has 0 spiro atoms. The molecular weight excluding hydrogens is 1610 g/mol. The average molecular weight is 1630 g/mol. The van der Waals surface area contributed by atoms with E-state index in [0.717, 1.165) is 48.6 Å². The third-order valence-electron chi connectivity index (χ3n) is 16.6. The maximum atomic E-state index is 16.0. The SMILES string of the molecule is C=CCc1cc(Oc2c(F)c(F)c(-c3c(F)c(F)c(-c4c(F)c(F)c(-c5c(F)c(F)c(-c6c(F)c(F)c(-c7c(F)c(F)c(-c8c(F)c(F)c(-c9c(F)c(F)c(-c%10c(F)c(F)c(Oc%11ccc(O)c(CC=C)c%11)c(F)c%10F)c(F)c9F)c(F)c8F)c(F)c7F)c(F)c6F)c(F)c5F)c(F)c4F)c(F)c3F)c(F)c2F)ccc1O. The summed E-state index contributed by atoms with van der Waals surface area (Å²) in [6.45, 7) is 6.68. The van der Waals surface area contributed by atoms with Gasteiger partial charge in [0.2, 0.25) is 34.8 Å². The van der Waals surface area contributed by atoms with E-state index in [0.29, 0.717) is 0 Å². The lowest BCUT2D eigenvalue weighted by molar-refractivity contribution is 0.366. The Balaban J connectivity index is 0.959. The number of ether oxygens (including phenoxy) is 2. The van der Waals surface area contributed by atoms with Crippen LogP contribution in [0.3, 0.4) is 0 Å². The molecule has 0 aliphatic rings. The molecule has 582 valence electrons. The summed E-state index contributed by atoms with van der Waals surface area (Å²) < 4.78 is 579. The van der Waals surface area contributed by atoms with E-state index in [9.17, 15) is 10.2 Å². The number of hydrogen-bond donors (Lipinski definition) is 2. The Kier molecular flexibility index (Phi) is 20.9. The van der Waals surface area contributed by atoms with Gasteiger partial charge in [-0.25, -0.2) is 140 Å². The van der Waals surface area contributed by atoms with Gasteiger partial charge in [-0.15, -0.1) is 13.2 Å². The fourth-order valence-electron chi connectivity index (χ4n) is 11.5. The van der Waals surface area contributed by atoms with E-state index in [4.69, 9.17) is 9.47 Å². The van der Waals surface area contributed by atoms with Crippen LogP contribution in [-0.4, -0.2) is 10.2 Å². The summed E-state index contributed by atoms with van der Waals surface area (Å²) >= 11 is 0. The highest BCUT2D eigenvalue weighted by Gasteiger charge is 2.45. The van der Waals surface area contributed by atoms with Crippen molar-refractivity contribution in [3.05, 3.63) is 282 Å². The van der Waals surface area contributed by atoms with Gasteiger partial charge in [0.05, 0.1) is 89.0 Å². The van der Waals surface area contributed by atoms with Gasteiger partial charge in [0.25, 0.3) is 0 Å². The maximum absolute atomic E-state index is 16.0. The molecular formula is C72H18F36O4. The molecule has 0 aliphatic carbocycles. The molecule has 0 aromatic heterocycles. The van der Waals surface area contributed by atoms with Crippen molar-refractivity contribution in [2.24, 2.45) is 0 Å². The number of halogens is 36. The molecule has 0 atom stereocenters. The lowest BCUT2D eigenvalue weighted by Crippen LogP contribution is -2.14. The van der Waals surface area contributed by atoms with E-state index in [1.54, 1.807) is 0 Å². The number of rotatable bonds is 16. The molecule has 0 saturated carbocycles. The van der Waals surface area contributed by atoms with Crippen LogP contribution in [0.2, 0.25) is 0 Å². The highest BCUT2D eigenvalue weighted by Crippen LogP contribution is 2.52. The van der Waals surface area contributed by atoms with Gasteiger partial charge in [-0.05, 0) is 49.2 Å². The number of phenolic OH excluding ortho intramolecular Hbond substituents is 2. The molecule has 0 heterocycles. The highest BCUT2D eigenvalue weighted by atomic mass is 19.2. The Hall–Kier alpha value is -12.4. The number of phenols is 2. The topological polar surface area (TPSA) is 58.9 Å². The van der Waals surface area contributed by atoms with Crippen molar-refractivity contribution in [1.29, 1.82) is 0 Å². The Morgan fingerprint density at radius 3 is 0.429 bits per heavy atom. The quantitative estimate of drug-likeness (QED) is 0.0575. The van der Waals surface area contributed by atoms with Crippen molar-refractivity contribution in [1.82, 2.24) is 0 Å². The molecule has 0 unspecified atom stereocenters. The first-order valence-electron chi connectivity index (χ1n) is 29.4. The van der Waals surface area contributed by atoms with Crippen LogP contribution >= 0.6 is 0 Å². The monoisotopic (exact) mass is 1630 g/mol. The van der Waals surface area contributed by atoms with E-state index in [1.165, 1.54) is 0 Å². The first-order chi connectivity index (χ1) is 52.4. The van der Waals surface area contributed by atoms with Crippen LogP contribution in [0, 0.1) is 209 Å². The van der Waals surface area contributed by atoms with Gasteiger partial charge in [-0.1, -0.05) is 12.2 Å². The zero-order chi connectivity index (χ0) is 83.1. The Bertz CT molecular complexity index is 5430. The minimum Gasteiger partial charge on any atom is -0.508 e. The van der Waals surface area contributed by atoms with Crippen molar-refractivity contribution >= 4 is 0 Å². The normalized spacial score (nSPS) is 11.6. The predicted molar refractivity (Wildman–Crippen MR) is 313 cm³/mol. The molecule has 40 heteroatoms. The minimum atomic E-state index is -3.70. The summed E-state index contributed by atoms with van der Waals surface area (Å²) in [7, 11) is 0. The van der Waals surface area contributed by atoms with Gasteiger partial charge in [0.1, 0.15) is 23.0 Å². The van der Waals surface area contributed by atoms with Crippen LogP contribution in [0.25, 0.3) is 89.0 Å². The van der Waals surface area contributed by atoms with E-state index in [-0.39, 0.29) is 24.0 Å². The third kappa shape index (κ3) is 12.0. The van der Waals surface area contributed by atoms with Crippen molar-refractivity contribution in [3.8, 4) is 124 Å². The van der Waals surface area contributed by atoms with E-state index >= 15 is 158 Å². The van der Waals surface area contributed by atoms with Crippen LogP contribution < -0.4 is 9.47 Å². The maximum Gasteiger partial charge on any atom is 0.205 e. The van der Waals surface area contributed by atoms with Crippen LogP contribution in [-0.2, 0) is 12.8 Å². The lowest BCUT2D eigenvalue weighted by Gasteiger charge is -2.19. The summed E-state index contributed by atoms with van der Waals surface area (Å²) in [4.78, 5) is 0. The second-order valence-corrected chi connectivity index (χ2v) is 22.7. The number of benzene rings is 11. The van der Waals surface area contributed by atoms with Crippen LogP contribution in [0.15, 0.2) is 61.7 Å². The zero-order valence-corrected chi connectivity index (χ0v) is 52.8. The van der Waals surface area contributed by atoms with Crippen molar-refractivity contribution in [2.45, 2.75) is 12.8 Å². The Morgan fingerprint density at radius 1 is 0.196 bits per heavy atom. The smallest absolute Gasteiger partial charge is 0.205 e. The summed E-state index contributed by atoms with van der Waals surface area (Å²) in [5, 5.41) is 19.8. The number of hydrogen-bond acceptors (Lipinski definition) is 4. The van der Waals surface area contributed by atoms with Gasteiger partial charge < -0.3 is 19.7 Å². The first kappa shape index (κ1) is 80.6. The standard InChI is InChI=1S/C72H18F36O4/c1-3-5-13-11-15(7-9-17(13)109)111-71-67(105)63(101)33(64(102)68(71)106)31-59(97)55(93)29(56(94)60(31)98)27-51(89)47(85)25(48(86)52(27)90)23-43(81)39(77)21(40(78)44(23)82)19-35(73)37(75)20(38(76)36(19)74)22-41(79)45(83)24(46(84)42(22)80)26-49(87)53(91)28(54(92)50(26)88)30-57(95)61(99)32(62(100)58(30)96)34-65(103)69(107)72(70(108)66(34)104)112-16-8-10-18(110)14(12-16)6-4-2/h3-4,7-12,109-110H,1-2,5-6H2. The highest BCUT2D eigenvalue weighted by molar-refractivity contribution is 5.84. The first-order valence-corrected chi connectivity index (χ1v) is 29.4. The molecule has 0 radical (unpaired) electrons. The summed E-state index contributed by atoms with van der Waals surface area (Å²) in [6.07, 6.45) is 1.92. The third-order valence-corrected chi connectivity index (χ3v) is 16.6. The van der Waals surface area contributed by atoms with Crippen molar-refractivity contribution in [3.63, 3.8) is 0 Å². The summed E-state index contributed by atoms with van der Waals surface area (Å²) in [5.41, 5.74) is -50.1. The van der Waals surface area contributed by atoms with Gasteiger partial charge in [-0.2, -0.15) is 17.6 Å². The lowest BCUT2D eigenvalue weighted by atomic mass is 9.90. The van der Waals surface area contributed by atoms with Gasteiger partial charge in [0.15, 0.2) is 186 Å². The summed E-state index contributed by atoms with van der Waals surface area (Å²) in [6, 6.07) is 4.65. The van der Waals surface area contributed by atoms with Crippen LogP contribution in [0.4, 0.5) is 158 Å². The Morgan fingerprint density at radius 2 is 0.312 bits per heavy atom. The van der Waals surface area contributed by atoms with E-state index in [1.807, 2.05) is 0 Å². The van der Waals surface area contributed by atoms with E-state index < -0.39 is 333 Å². The van der Waals surface area contributed by atoms with Crippen LogP contribution in [0.1, 0.15) is 11.1 Å². The number of allylic oxidation sites excluding steroid dienone is 2. The summed E-state index contributed by atoms with van der Waals surface area (Å²) in [5.74, 6) is -130. The Labute approximate surface area is 595 Å².